The third-order valence-electron chi connectivity index (χ3n) is 3.58. The van der Waals surface area contributed by atoms with Crippen LogP contribution in [-0.4, -0.2) is 38.3 Å². The molecule has 5 nitrogen and oxygen atoms in total. The van der Waals surface area contributed by atoms with Crippen LogP contribution in [0.25, 0.3) is 0 Å². The molecule has 0 aliphatic carbocycles. The molecule has 1 aromatic rings. The number of anilines is 1. The summed E-state index contributed by atoms with van der Waals surface area (Å²) in [5.74, 6) is 0. The molecule has 6 heteroatoms. The second kappa shape index (κ2) is 5.94. The van der Waals surface area contributed by atoms with E-state index in [1.807, 2.05) is 6.92 Å². The summed E-state index contributed by atoms with van der Waals surface area (Å²) in [5.41, 5.74) is 0.265. The minimum atomic E-state index is -3.45. The molecule has 2 rings (SSSR count). The van der Waals surface area contributed by atoms with Crippen LogP contribution in [0, 0.1) is 0 Å². The van der Waals surface area contributed by atoms with Gasteiger partial charge in [0.2, 0.25) is 10.0 Å². The summed E-state index contributed by atoms with van der Waals surface area (Å²) in [4.78, 5) is 2.36. The number of sulfonamides is 1. The van der Waals surface area contributed by atoms with Crippen molar-refractivity contribution in [2.24, 2.45) is 0 Å². The Morgan fingerprint density at radius 2 is 1.90 bits per heavy atom. The van der Waals surface area contributed by atoms with Crippen LogP contribution in [-0.2, 0) is 10.0 Å². The minimum Gasteiger partial charge on any atom is -0.388 e. The van der Waals surface area contributed by atoms with Gasteiger partial charge in [-0.1, -0.05) is 0 Å². The normalized spacial score (nSPS) is 23.6. The van der Waals surface area contributed by atoms with Gasteiger partial charge >= 0.3 is 0 Å². The largest absolute Gasteiger partial charge is 0.388 e. The standard InChI is InChI=1S/C15H24N2O3S/c1-12(2)16-21(19,20)14-7-5-13(6-8-14)17-10-4-9-15(3,18)11-17/h5-8,12,16,18H,4,9-11H2,1-3H3. The monoisotopic (exact) mass is 312 g/mol. The molecule has 0 radical (unpaired) electrons. The van der Waals surface area contributed by atoms with Crippen LogP contribution in [0.2, 0.25) is 0 Å². The summed E-state index contributed by atoms with van der Waals surface area (Å²) in [7, 11) is -3.45. The Morgan fingerprint density at radius 1 is 1.29 bits per heavy atom. The van der Waals surface area contributed by atoms with Gasteiger partial charge in [-0.3, -0.25) is 0 Å². The van der Waals surface area contributed by atoms with Crippen LogP contribution in [0.5, 0.6) is 0 Å². The molecule has 1 saturated heterocycles. The quantitative estimate of drug-likeness (QED) is 0.888. The summed E-state index contributed by atoms with van der Waals surface area (Å²) >= 11 is 0. The molecule has 0 amide bonds. The molecular formula is C15H24N2O3S. The first kappa shape index (κ1) is 16.3. The second-order valence-electron chi connectivity index (χ2n) is 6.29. The fourth-order valence-corrected chi connectivity index (χ4v) is 3.91. The van der Waals surface area contributed by atoms with Gasteiger partial charge in [-0.25, -0.2) is 13.1 Å². The maximum Gasteiger partial charge on any atom is 0.240 e. The van der Waals surface area contributed by atoms with E-state index in [9.17, 15) is 13.5 Å². The molecule has 1 fully saturated rings. The average molecular weight is 312 g/mol. The lowest BCUT2D eigenvalue weighted by Crippen LogP contribution is -2.46. The third-order valence-corrected chi connectivity index (χ3v) is 5.25. The predicted molar refractivity (Wildman–Crippen MR) is 84.0 cm³/mol. The zero-order valence-electron chi connectivity index (χ0n) is 12.8. The number of β-amino-alcohol motifs (C(OH)–C–C–N with tert-alkyl or cyclic N) is 1. The first-order chi connectivity index (χ1) is 9.70. The predicted octanol–water partition coefficient (Wildman–Crippen LogP) is 1.72. The van der Waals surface area contributed by atoms with Crippen LogP contribution in [0.3, 0.4) is 0 Å². The lowest BCUT2D eigenvalue weighted by atomic mass is 9.95. The summed E-state index contributed by atoms with van der Waals surface area (Å²) in [6.45, 7) is 6.88. The lowest BCUT2D eigenvalue weighted by Gasteiger charge is -2.38. The van der Waals surface area contributed by atoms with Crippen LogP contribution >= 0.6 is 0 Å². The first-order valence-electron chi connectivity index (χ1n) is 7.29. The lowest BCUT2D eigenvalue weighted by molar-refractivity contribution is 0.0449. The molecule has 0 aromatic heterocycles. The Morgan fingerprint density at radius 3 is 2.43 bits per heavy atom. The number of nitrogens with zero attached hydrogens (tertiary/aromatic N) is 1. The van der Waals surface area contributed by atoms with Crippen molar-refractivity contribution in [3.8, 4) is 0 Å². The summed E-state index contributed by atoms with van der Waals surface area (Å²) < 4.78 is 26.7. The topological polar surface area (TPSA) is 69.6 Å². The van der Waals surface area contributed by atoms with Gasteiger partial charge in [0.05, 0.1) is 10.5 Å². The number of rotatable bonds is 4. The number of hydrogen-bond donors (Lipinski definition) is 2. The van der Waals surface area contributed by atoms with Crippen molar-refractivity contribution in [3.05, 3.63) is 24.3 Å². The van der Waals surface area contributed by atoms with Gasteiger partial charge < -0.3 is 10.0 Å². The van der Waals surface area contributed by atoms with E-state index in [2.05, 4.69) is 9.62 Å². The van der Waals surface area contributed by atoms with Crippen molar-refractivity contribution in [3.63, 3.8) is 0 Å². The highest BCUT2D eigenvalue weighted by Gasteiger charge is 2.28. The molecule has 21 heavy (non-hydrogen) atoms. The highest BCUT2D eigenvalue weighted by molar-refractivity contribution is 7.89. The Bertz CT molecular complexity index is 579. The summed E-state index contributed by atoms with van der Waals surface area (Å²) in [6, 6.07) is 6.70. The van der Waals surface area contributed by atoms with Gasteiger partial charge in [-0.2, -0.15) is 0 Å². The van der Waals surface area contributed by atoms with E-state index in [4.69, 9.17) is 0 Å². The fraction of sp³-hybridized carbons (Fsp3) is 0.600. The molecule has 1 heterocycles. The molecule has 1 unspecified atom stereocenters. The van der Waals surface area contributed by atoms with Crippen LogP contribution in [0.1, 0.15) is 33.6 Å². The van der Waals surface area contributed by atoms with Crippen molar-refractivity contribution in [2.45, 2.75) is 50.2 Å². The van der Waals surface area contributed by atoms with Crippen molar-refractivity contribution in [2.75, 3.05) is 18.0 Å². The van der Waals surface area contributed by atoms with Gasteiger partial charge in [-0.05, 0) is 57.9 Å². The second-order valence-corrected chi connectivity index (χ2v) is 8.01. The Labute approximate surface area is 127 Å². The highest BCUT2D eigenvalue weighted by Crippen LogP contribution is 2.26. The van der Waals surface area contributed by atoms with E-state index < -0.39 is 15.6 Å². The van der Waals surface area contributed by atoms with Gasteiger partial charge in [0.25, 0.3) is 0 Å². The zero-order chi connectivity index (χ0) is 15.7. The highest BCUT2D eigenvalue weighted by atomic mass is 32.2. The number of piperidine rings is 1. The van der Waals surface area contributed by atoms with Gasteiger partial charge in [-0.15, -0.1) is 0 Å². The number of nitrogens with one attached hydrogen (secondary N) is 1. The van der Waals surface area contributed by atoms with Crippen LogP contribution < -0.4 is 9.62 Å². The molecule has 1 atom stereocenters. The fourth-order valence-electron chi connectivity index (χ4n) is 2.65. The molecule has 1 aliphatic rings. The molecule has 1 aliphatic heterocycles. The van der Waals surface area contributed by atoms with Gasteiger partial charge in [0.1, 0.15) is 0 Å². The minimum absolute atomic E-state index is 0.133. The molecular weight excluding hydrogens is 288 g/mol. The van der Waals surface area contributed by atoms with Crippen molar-refractivity contribution >= 4 is 15.7 Å². The van der Waals surface area contributed by atoms with E-state index in [1.54, 1.807) is 38.1 Å². The summed E-state index contributed by atoms with van der Waals surface area (Å²) in [5, 5.41) is 10.1. The van der Waals surface area contributed by atoms with E-state index in [1.165, 1.54) is 0 Å². The number of aliphatic hydroxyl groups is 1. The van der Waals surface area contributed by atoms with Crippen molar-refractivity contribution in [1.29, 1.82) is 0 Å². The maximum absolute atomic E-state index is 12.1. The van der Waals surface area contributed by atoms with Crippen molar-refractivity contribution in [1.82, 2.24) is 4.72 Å². The molecule has 118 valence electrons. The SMILES string of the molecule is CC(C)NS(=O)(=O)c1ccc(N2CCCC(C)(O)C2)cc1. The van der Waals surface area contributed by atoms with E-state index in [0.717, 1.165) is 25.1 Å². The third kappa shape index (κ3) is 4.18. The van der Waals surface area contributed by atoms with E-state index in [-0.39, 0.29) is 10.9 Å². The number of hydrogen-bond acceptors (Lipinski definition) is 4. The molecule has 0 saturated carbocycles. The van der Waals surface area contributed by atoms with E-state index >= 15 is 0 Å². The maximum atomic E-state index is 12.1. The van der Waals surface area contributed by atoms with Gasteiger partial charge in [0.15, 0.2) is 0 Å². The van der Waals surface area contributed by atoms with E-state index in [0.29, 0.717) is 6.54 Å². The van der Waals surface area contributed by atoms with Crippen molar-refractivity contribution < 1.29 is 13.5 Å². The smallest absolute Gasteiger partial charge is 0.240 e. The Kier molecular flexibility index (Phi) is 4.60. The number of benzene rings is 1. The Balaban J connectivity index is 2.16. The summed E-state index contributed by atoms with van der Waals surface area (Å²) in [6.07, 6.45) is 1.73. The molecule has 2 N–H and O–H groups in total. The van der Waals surface area contributed by atoms with Crippen LogP contribution in [0.15, 0.2) is 29.2 Å². The van der Waals surface area contributed by atoms with Crippen LogP contribution in [0.4, 0.5) is 5.69 Å². The zero-order valence-corrected chi connectivity index (χ0v) is 13.7. The first-order valence-corrected chi connectivity index (χ1v) is 8.78. The Hall–Kier alpha value is -1.11. The molecule has 1 aromatic carbocycles. The molecule has 0 spiro atoms. The average Bonchev–Trinajstić information content (AvgIpc) is 2.36. The van der Waals surface area contributed by atoms with Gasteiger partial charge in [0, 0.05) is 24.8 Å². The molecule has 0 bridgehead atoms.